The highest BCUT2D eigenvalue weighted by Gasteiger charge is 2.34. The van der Waals surface area contributed by atoms with Gasteiger partial charge in [-0.3, -0.25) is 14.7 Å². The Bertz CT molecular complexity index is 677. The fourth-order valence-corrected chi connectivity index (χ4v) is 5.53. The van der Waals surface area contributed by atoms with E-state index in [2.05, 4.69) is 51.7 Å². The third-order valence-corrected chi connectivity index (χ3v) is 7.37. The van der Waals surface area contributed by atoms with Crippen LogP contribution in [0, 0.1) is 12.8 Å². The van der Waals surface area contributed by atoms with Crippen molar-refractivity contribution in [3.63, 3.8) is 0 Å². The van der Waals surface area contributed by atoms with Crippen LogP contribution < -0.4 is 0 Å². The fraction of sp³-hybridized carbons (Fsp3) is 0.750. The van der Waals surface area contributed by atoms with Crippen LogP contribution in [-0.2, 0) is 11.3 Å². The quantitative estimate of drug-likeness (QED) is 0.779. The molecule has 4 heterocycles. The molecule has 1 amide bonds. The number of aromatic nitrogens is 1. The van der Waals surface area contributed by atoms with Gasteiger partial charge in [-0.1, -0.05) is 6.07 Å². The molecule has 4 rings (SSSR count). The molecule has 0 aromatic carbocycles. The largest absolute Gasteiger partial charge is 0.340 e. The highest BCUT2D eigenvalue weighted by atomic mass is 16.2. The molecule has 1 aromatic heterocycles. The van der Waals surface area contributed by atoms with Gasteiger partial charge in [0.05, 0.1) is 5.69 Å². The number of piperidine rings is 3. The van der Waals surface area contributed by atoms with Gasteiger partial charge >= 0.3 is 0 Å². The molecule has 0 spiro atoms. The van der Waals surface area contributed by atoms with E-state index < -0.39 is 0 Å². The Hall–Kier alpha value is -1.46. The zero-order valence-corrected chi connectivity index (χ0v) is 18.4. The Balaban J connectivity index is 1.21. The van der Waals surface area contributed by atoms with Crippen molar-refractivity contribution >= 4 is 5.91 Å². The molecule has 0 N–H and O–H groups in total. The third-order valence-electron chi connectivity index (χ3n) is 7.37. The minimum atomic E-state index is 0.263. The molecule has 3 fully saturated rings. The minimum absolute atomic E-state index is 0.263. The highest BCUT2D eigenvalue weighted by molar-refractivity contribution is 5.79. The van der Waals surface area contributed by atoms with Gasteiger partial charge in [0.15, 0.2) is 0 Å². The van der Waals surface area contributed by atoms with Gasteiger partial charge in [0.2, 0.25) is 5.91 Å². The van der Waals surface area contributed by atoms with Crippen LogP contribution in [0.5, 0.6) is 0 Å². The summed E-state index contributed by atoms with van der Waals surface area (Å²) >= 11 is 0. The fourth-order valence-electron chi connectivity index (χ4n) is 5.53. The van der Waals surface area contributed by atoms with Gasteiger partial charge in [-0.25, -0.2) is 0 Å². The number of nitrogens with zero attached hydrogens (tertiary/aromatic N) is 4. The van der Waals surface area contributed by atoms with Crippen LogP contribution in [0.2, 0.25) is 0 Å². The number of carbonyl (C=O) groups excluding carboxylic acids is 1. The predicted octanol–water partition coefficient (Wildman–Crippen LogP) is 3.47. The maximum Gasteiger partial charge on any atom is 0.226 e. The lowest BCUT2D eigenvalue weighted by Gasteiger charge is -2.43. The molecule has 0 aliphatic carbocycles. The van der Waals surface area contributed by atoms with Gasteiger partial charge in [-0.05, 0) is 84.0 Å². The Morgan fingerprint density at radius 2 is 1.76 bits per heavy atom. The molecule has 5 heteroatoms. The maximum absolute atomic E-state index is 13.0. The van der Waals surface area contributed by atoms with E-state index >= 15 is 0 Å². The van der Waals surface area contributed by atoms with Crippen LogP contribution in [-0.4, -0.2) is 70.4 Å². The molecule has 29 heavy (non-hydrogen) atoms. The van der Waals surface area contributed by atoms with E-state index in [1.54, 1.807) is 0 Å². The van der Waals surface area contributed by atoms with Crippen molar-refractivity contribution in [2.75, 3.05) is 32.7 Å². The summed E-state index contributed by atoms with van der Waals surface area (Å²) in [5.41, 5.74) is 2.29. The van der Waals surface area contributed by atoms with E-state index in [-0.39, 0.29) is 5.92 Å². The van der Waals surface area contributed by atoms with Crippen molar-refractivity contribution in [2.24, 2.45) is 5.92 Å². The second kappa shape index (κ2) is 9.57. The minimum Gasteiger partial charge on any atom is -0.340 e. The van der Waals surface area contributed by atoms with Crippen molar-refractivity contribution in [1.29, 1.82) is 0 Å². The van der Waals surface area contributed by atoms with Crippen LogP contribution in [0.4, 0.5) is 0 Å². The molecular formula is C24H38N4O. The van der Waals surface area contributed by atoms with E-state index in [0.717, 1.165) is 57.8 Å². The van der Waals surface area contributed by atoms with E-state index in [4.69, 9.17) is 0 Å². The van der Waals surface area contributed by atoms with Crippen LogP contribution in [0.3, 0.4) is 0 Å². The van der Waals surface area contributed by atoms with E-state index in [1.165, 1.54) is 37.8 Å². The van der Waals surface area contributed by atoms with E-state index in [0.29, 0.717) is 18.0 Å². The van der Waals surface area contributed by atoms with Crippen LogP contribution in [0.1, 0.15) is 63.3 Å². The monoisotopic (exact) mass is 398 g/mol. The summed E-state index contributed by atoms with van der Waals surface area (Å²) in [4.78, 5) is 25.0. The number of hydrogen-bond acceptors (Lipinski definition) is 4. The molecule has 3 aliphatic rings. The Labute approximate surface area is 176 Å². The molecule has 3 aliphatic heterocycles. The second-order valence-electron chi connectivity index (χ2n) is 9.46. The SMILES string of the molecule is Cc1cccc(CN2CCC(N3CCC(C(=O)N4CCCC[C@H]4C)CC3)CC2)n1. The first-order valence-corrected chi connectivity index (χ1v) is 11.8. The van der Waals surface area contributed by atoms with Crippen molar-refractivity contribution in [3.05, 3.63) is 29.6 Å². The number of pyridine rings is 1. The molecule has 3 saturated heterocycles. The van der Waals surface area contributed by atoms with Gasteiger partial charge in [0.25, 0.3) is 0 Å². The summed E-state index contributed by atoms with van der Waals surface area (Å²) in [6.45, 7) is 10.8. The van der Waals surface area contributed by atoms with Crippen molar-refractivity contribution < 1.29 is 4.79 Å². The predicted molar refractivity (Wildman–Crippen MR) is 117 cm³/mol. The second-order valence-corrected chi connectivity index (χ2v) is 9.46. The molecule has 0 unspecified atom stereocenters. The maximum atomic E-state index is 13.0. The van der Waals surface area contributed by atoms with Gasteiger partial charge in [0, 0.05) is 49.9 Å². The van der Waals surface area contributed by atoms with E-state index in [1.807, 2.05) is 0 Å². The first-order chi connectivity index (χ1) is 14.1. The topological polar surface area (TPSA) is 39.7 Å². The number of carbonyl (C=O) groups is 1. The first kappa shape index (κ1) is 20.8. The zero-order chi connectivity index (χ0) is 20.2. The summed E-state index contributed by atoms with van der Waals surface area (Å²) in [6.07, 6.45) is 8.24. The van der Waals surface area contributed by atoms with E-state index in [9.17, 15) is 4.79 Å². The number of aryl methyl sites for hydroxylation is 1. The molecular weight excluding hydrogens is 360 g/mol. The van der Waals surface area contributed by atoms with Crippen molar-refractivity contribution in [1.82, 2.24) is 19.7 Å². The highest BCUT2D eigenvalue weighted by Crippen LogP contribution is 2.27. The number of rotatable bonds is 4. The molecule has 160 valence electrons. The Kier molecular flexibility index (Phi) is 6.86. The average Bonchev–Trinajstić information content (AvgIpc) is 2.74. The number of hydrogen-bond donors (Lipinski definition) is 0. The lowest BCUT2D eigenvalue weighted by atomic mass is 9.91. The summed E-state index contributed by atoms with van der Waals surface area (Å²) in [7, 11) is 0. The molecule has 0 radical (unpaired) electrons. The van der Waals surface area contributed by atoms with Crippen LogP contribution in [0.25, 0.3) is 0 Å². The summed E-state index contributed by atoms with van der Waals surface area (Å²) < 4.78 is 0. The molecule has 0 bridgehead atoms. The van der Waals surface area contributed by atoms with Crippen molar-refractivity contribution in [3.8, 4) is 0 Å². The third kappa shape index (κ3) is 5.18. The Morgan fingerprint density at radius 1 is 1.00 bits per heavy atom. The lowest BCUT2D eigenvalue weighted by Crippen LogP contribution is -2.51. The zero-order valence-electron chi connectivity index (χ0n) is 18.4. The molecule has 1 atom stereocenters. The number of amides is 1. The first-order valence-electron chi connectivity index (χ1n) is 11.8. The Morgan fingerprint density at radius 3 is 2.45 bits per heavy atom. The van der Waals surface area contributed by atoms with Crippen LogP contribution >= 0.6 is 0 Å². The average molecular weight is 399 g/mol. The normalized spacial score (nSPS) is 26.0. The summed E-state index contributed by atoms with van der Waals surface area (Å²) in [5, 5.41) is 0. The van der Waals surface area contributed by atoms with Crippen LogP contribution in [0.15, 0.2) is 18.2 Å². The van der Waals surface area contributed by atoms with Crippen molar-refractivity contribution in [2.45, 2.75) is 77.4 Å². The smallest absolute Gasteiger partial charge is 0.226 e. The number of likely N-dealkylation sites (tertiary alicyclic amines) is 3. The standard InChI is InChI=1S/C24H38N4O/c1-19-6-5-8-22(25-19)18-26-14-11-23(12-15-26)27-16-9-21(10-17-27)24(29)28-13-4-3-7-20(28)2/h5-6,8,20-21,23H,3-4,7,9-18H2,1-2H3/t20-/m1/s1. The van der Waals surface area contributed by atoms with Gasteiger partial charge in [-0.2, -0.15) is 0 Å². The van der Waals surface area contributed by atoms with Gasteiger partial charge < -0.3 is 9.80 Å². The molecule has 5 nitrogen and oxygen atoms in total. The van der Waals surface area contributed by atoms with Gasteiger partial charge in [0.1, 0.15) is 0 Å². The molecule has 0 saturated carbocycles. The lowest BCUT2D eigenvalue weighted by molar-refractivity contribution is -0.140. The summed E-state index contributed by atoms with van der Waals surface area (Å²) in [6, 6.07) is 7.46. The van der Waals surface area contributed by atoms with Gasteiger partial charge in [-0.15, -0.1) is 0 Å². The molecule has 1 aromatic rings. The summed E-state index contributed by atoms with van der Waals surface area (Å²) in [5.74, 6) is 0.705.